The predicted molar refractivity (Wildman–Crippen MR) is 81.9 cm³/mol. The van der Waals surface area contributed by atoms with Gasteiger partial charge in [0.1, 0.15) is 11.0 Å². The second-order valence-corrected chi connectivity index (χ2v) is 4.86. The van der Waals surface area contributed by atoms with Gasteiger partial charge in [-0.05, 0) is 18.1 Å². The van der Waals surface area contributed by atoms with E-state index in [9.17, 15) is 0 Å². The summed E-state index contributed by atoms with van der Waals surface area (Å²) in [4.78, 5) is 11.2. The molecule has 0 bridgehead atoms. The summed E-state index contributed by atoms with van der Waals surface area (Å²) in [7, 11) is 0. The van der Waals surface area contributed by atoms with Gasteiger partial charge in [0.05, 0.1) is 0 Å². The Kier molecular flexibility index (Phi) is 3.43. The van der Waals surface area contributed by atoms with E-state index in [0.29, 0.717) is 11.0 Å². The zero-order chi connectivity index (χ0) is 13.9. The van der Waals surface area contributed by atoms with Crippen molar-refractivity contribution in [3.05, 3.63) is 47.2 Å². The summed E-state index contributed by atoms with van der Waals surface area (Å²) in [5, 5.41) is 4.78. The summed E-state index contributed by atoms with van der Waals surface area (Å²) in [6.45, 7) is 0.745. The Morgan fingerprint density at radius 3 is 2.95 bits per heavy atom. The third-order valence-corrected chi connectivity index (χ3v) is 3.28. The van der Waals surface area contributed by atoms with Crippen molar-refractivity contribution in [3.63, 3.8) is 0 Å². The molecule has 3 rings (SSSR count). The monoisotopic (exact) mass is 287 g/mol. The first-order valence-electron chi connectivity index (χ1n) is 6.31. The maximum Gasteiger partial charge on any atom is 0.223 e. The van der Waals surface area contributed by atoms with Crippen LogP contribution >= 0.6 is 11.6 Å². The molecule has 2 heterocycles. The maximum atomic E-state index is 5.83. The summed E-state index contributed by atoms with van der Waals surface area (Å²) in [6.07, 6.45) is 2.92. The van der Waals surface area contributed by atoms with Crippen molar-refractivity contribution in [3.8, 4) is 0 Å². The van der Waals surface area contributed by atoms with Crippen LogP contribution in [0.25, 0.3) is 10.9 Å². The number of aromatic amines is 1. The van der Waals surface area contributed by atoms with Gasteiger partial charge in [0.15, 0.2) is 0 Å². The van der Waals surface area contributed by atoms with Gasteiger partial charge in [-0.15, -0.1) is 0 Å². The van der Waals surface area contributed by atoms with E-state index in [4.69, 9.17) is 17.3 Å². The van der Waals surface area contributed by atoms with Crippen LogP contribution in [-0.2, 0) is 6.42 Å². The van der Waals surface area contributed by atoms with Gasteiger partial charge in [-0.2, -0.15) is 4.98 Å². The number of nitrogens with two attached hydrogens (primary N) is 1. The molecule has 0 amide bonds. The summed E-state index contributed by atoms with van der Waals surface area (Å²) in [5.41, 5.74) is 7.96. The van der Waals surface area contributed by atoms with Crippen LogP contribution in [0.15, 0.2) is 36.5 Å². The van der Waals surface area contributed by atoms with Gasteiger partial charge in [0.25, 0.3) is 0 Å². The molecule has 5 nitrogen and oxygen atoms in total. The van der Waals surface area contributed by atoms with E-state index in [-0.39, 0.29) is 5.95 Å². The predicted octanol–water partition coefficient (Wildman–Crippen LogP) is 2.85. The average molecular weight is 288 g/mol. The summed E-state index contributed by atoms with van der Waals surface area (Å²) in [6, 6.07) is 9.90. The smallest absolute Gasteiger partial charge is 0.223 e. The molecule has 102 valence electrons. The lowest BCUT2D eigenvalue weighted by Crippen LogP contribution is -2.07. The van der Waals surface area contributed by atoms with E-state index in [1.165, 1.54) is 10.9 Å². The number of rotatable bonds is 4. The molecular formula is C14H14ClN5. The van der Waals surface area contributed by atoms with Crippen molar-refractivity contribution >= 4 is 34.3 Å². The number of nitrogens with one attached hydrogen (secondary N) is 2. The number of para-hydroxylation sites is 1. The van der Waals surface area contributed by atoms with Crippen molar-refractivity contribution < 1.29 is 0 Å². The fraction of sp³-hybridized carbons (Fsp3) is 0.143. The van der Waals surface area contributed by atoms with E-state index in [1.54, 1.807) is 6.07 Å². The highest BCUT2D eigenvalue weighted by molar-refractivity contribution is 6.29. The summed E-state index contributed by atoms with van der Waals surface area (Å²) in [5.74, 6) is 0.814. The van der Waals surface area contributed by atoms with Crippen LogP contribution in [0.5, 0.6) is 0 Å². The maximum absolute atomic E-state index is 5.83. The van der Waals surface area contributed by atoms with Crippen LogP contribution in [-0.4, -0.2) is 21.5 Å². The molecule has 0 saturated carbocycles. The van der Waals surface area contributed by atoms with E-state index >= 15 is 0 Å². The molecule has 0 spiro atoms. The quantitative estimate of drug-likeness (QED) is 0.645. The Bertz CT molecular complexity index is 717. The number of nitrogens with zero attached hydrogens (tertiary/aromatic N) is 2. The topological polar surface area (TPSA) is 79.6 Å². The normalized spacial score (nSPS) is 10.8. The highest BCUT2D eigenvalue weighted by Gasteiger charge is 2.03. The first kappa shape index (κ1) is 12.7. The summed E-state index contributed by atoms with van der Waals surface area (Å²) >= 11 is 5.83. The molecule has 1 aromatic carbocycles. The molecule has 0 aliphatic heterocycles. The Balaban J connectivity index is 1.68. The number of fused-ring (bicyclic) bond motifs is 1. The Hall–Kier alpha value is -2.27. The standard InChI is InChI=1S/C14H14ClN5/c15-12-7-13(20-14(16)19-12)17-6-5-9-8-18-11-4-2-1-3-10(9)11/h1-4,7-8,18H,5-6H2,(H3,16,17,19,20). The zero-order valence-corrected chi connectivity index (χ0v) is 11.5. The molecule has 0 radical (unpaired) electrons. The van der Waals surface area contributed by atoms with Gasteiger partial charge in [-0.1, -0.05) is 29.8 Å². The molecule has 0 aliphatic carbocycles. The highest BCUT2D eigenvalue weighted by atomic mass is 35.5. The van der Waals surface area contributed by atoms with Crippen LogP contribution < -0.4 is 11.1 Å². The number of nitrogen functional groups attached to an aromatic ring is 1. The third-order valence-electron chi connectivity index (χ3n) is 3.09. The van der Waals surface area contributed by atoms with Crippen LogP contribution in [0.2, 0.25) is 5.15 Å². The van der Waals surface area contributed by atoms with E-state index in [0.717, 1.165) is 18.5 Å². The molecule has 0 atom stereocenters. The molecule has 0 aliphatic rings. The fourth-order valence-electron chi connectivity index (χ4n) is 2.19. The van der Waals surface area contributed by atoms with Crippen molar-refractivity contribution in [1.82, 2.24) is 15.0 Å². The van der Waals surface area contributed by atoms with Crippen LogP contribution in [0.1, 0.15) is 5.56 Å². The number of hydrogen-bond donors (Lipinski definition) is 3. The highest BCUT2D eigenvalue weighted by Crippen LogP contribution is 2.18. The third kappa shape index (κ3) is 2.67. The second kappa shape index (κ2) is 5.38. The lowest BCUT2D eigenvalue weighted by atomic mass is 10.1. The molecule has 0 unspecified atom stereocenters. The van der Waals surface area contributed by atoms with Gasteiger partial charge < -0.3 is 16.0 Å². The van der Waals surface area contributed by atoms with Gasteiger partial charge in [-0.3, -0.25) is 0 Å². The minimum absolute atomic E-state index is 0.173. The number of halogens is 1. The first-order valence-corrected chi connectivity index (χ1v) is 6.69. The number of H-pyrrole nitrogens is 1. The molecule has 4 N–H and O–H groups in total. The van der Waals surface area contributed by atoms with Crippen molar-refractivity contribution in [1.29, 1.82) is 0 Å². The van der Waals surface area contributed by atoms with Gasteiger partial charge in [-0.25, -0.2) is 4.98 Å². The fourth-order valence-corrected chi connectivity index (χ4v) is 2.38. The van der Waals surface area contributed by atoms with Crippen molar-refractivity contribution in [2.24, 2.45) is 0 Å². The SMILES string of the molecule is Nc1nc(Cl)cc(NCCc2c[nH]c3ccccc23)n1. The minimum Gasteiger partial charge on any atom is -0.370 e. The molecule has 6 heteroatoms. The largest absolute Gasteiger partial charge is 0.370 e. The zero-order valence-electron chi connectivity index (χ0n) is 10.7. The number of aromatic nitrogens is 3. The minimum atomic E-state index is 0.173. The van der Waals surface area contributed by atoms with Crippen molar-refractivity contribution in [2.75, 3.05) is 17.6 Å². The first-order chi connectivity index (χ1) is 9.72. The number of hydrogen-bond acceptors (Lipinski definition) is 4. The Morgan fingerprint density at radius 1 is 1.25 bits per heavy atom. The van der Waals surface area contributed by atoms with E-state index in [1.807, 2.05) is 18.3 Å². The Morgan fingerprint density at radius 2 is 2.10 bits per heavy atom. The van der Waals surface area contributed by atoms with Crippen molar-refractivity contribution in [2.45, 2.75) is 6.42 Å². The average Bonchev–Trinajstić information content (AvgIpc) is 2.81. The van der Waals surface area contributed by atoms with Crippen LogP contribution in [0, 0.1) is 0 Å². The molecule has 2 aromatic heterocycles. The van der Waals surface area contributed by atoms with E-state index < -0.39 is 0 Å². The molecule has 20 heavy (non-hydrogen) atoms. The summed E-state index contributed by atoms with van der Waals surface area (Å²) < 4.78 is 0. The van der Waals surface area contributed by atoms with Gasteiger partial charge in [0.2, 0.25) is 5.95 Å². The van der Waals surface area contributed by atoms with Crippen LogP contribution in [0.3, 0.4) is 0 Å². The second-order valence-electron chi connectivity index (χ2n) is 4.47. The molecule has 3 aromatic rings. The number of benzene rings is 1. The lowest BCUT2D eigenvalue weighted by molar-refractivity contribution is 1.01. The molecule has 0 saturated heterocycles. The van der Waals surface area contributed by atoms with Gasteiger partial charge >= 0.3 is 0 Å². The Labute approximate surface area is 121 Å². The van der Waals surface area contributed by atoms with E-state index in [2.05, 4.69) is 32.4 Å². The van der Waals surface area contributed by atoms with Crippen LogP contribution in [0.4, 0.5) is 11.8 Å². The lowest BCUT2D eigenvalue weighted by Gasteiger charge is -2.06. The number of anilines is 2. The van der Waals surface area contributed by atoms with Gasteiger partial charge in [0, 0.05) is 29.7 Å². The molecular weight excluding hydrogens is 274 g/mol. The molecule has 0 fully saturated rings.